The molecule has 0 aromatic carbocycles. The molecule has 0 aliphatic carbocycles. The number of amidine groups is 1. The fourth-order valence-electron chi connectivity index (χ4n) is 3.44. The molecule has 2 amide bonds. The van der Waals surface area contributed by atoms with E-state index in [-0.39, 0.29) is 12.4 Å². The van der Waals surface area contributed by atoms with E-state index in [9.17, 15) is 29.1 Å². The molecule has 0 bridgehead atoms. The summed E-state index contributed by atoms with van der Waals surface area (Å²) in [5.41, 5.74) is -0.775. The summed E-state index contributed by atoms with van der Waals surface area (Å²) in [6.07, 6.45) is -1.71. The van der Waals surface area contributed by atoms with Gasteiger partial charge in [0, 0.05) is 26.7 Å². The van der Waals surface area contributed by atoms with Crippen molar-refractivity contribution in [3.8, 4) is 0 Å². The molecular weight excluding hydrogens is 478 g/mol. The molecule has 13 nitrogen and oxygen atoms in total. The van der Waals surface area contributed by atoms with E-state index in [1.807, 2.05) is 0 Å². The smallest absolute Gasteiger partial charge is 0.435 e. The molecule has 36 heavy (non-hydrogen) atoms. The van der Waals surface area contributed by atoms with Gasteiger partial charge in [-0.25, -0.2) is 9.59 Å². The van der Waals surface area contributed by atoms with Crippen LogP contribution in [0, 0.1) is 5.92 Å². The number of ether oxygens (including phenoxy) is 4. The van der Waals surface area contributed by atoms with Crippen LogP contribution < -0.4 is 10.6 Å². The van der Waals surface area contributed by atoms with Crippen molar-refractivity contribution in [1.29, 1.82) is 0 Å². The number of aliphatic imine (C=N–C) groups is 1. The number of esters is 2. The first-order chi connectivity index (χ1) is 16.5. The minimum Gasteiger partial charge on any atom is -0.481 e. The minimum atomic E-state index is -1.38. The first-order valence-electron chi connectivity index (χ1n) is 11.2. The highest BCUT2D eigenvalue weighted by atomic mass is 16.6. The van der Waals surface area contributed by atoms with E-state index in [4.69, 9.17) is 18.9 Å². The Bertz CT molecular complexity index is 922. The van der Waals surface area contributed by atoms with E-state index >= 15 is 0 Å². The number of carboxylic acid groups (broad SMARTS) is 1. The number of carbonyl (C=O) groups excluding carboxylic acids is 4. The molecule has 3 N–H and O–H groups in total. The lowest BCUT2D eigenvalue weighted by molar-refractivity contribution is -0.165. The summed E-state index contributed by atoms with van der Waals surface area (Å²) in [6.45, 7) is 11.4. The van der Waals surface area contributed by atoms with E-state index < -0.39 is 71.5 Å². The summed E-state index contributed by atoms with van der Waals surface area (Å²) < 4.78 is 21.2. The van der Waals surface area contributed by atoms with Gasteiger partial charge in [-0.2, -0.15) is 4.99 Å². The Morgan fingerprint density at radius 1 is 1.08 bits per heavy atom. The zero-order valence-corrected chi connectivity index (χ0v) is 21.7. The Kier molecular flexibility index (Phi) is 10.9. The molecule has 0 radical (unpaired) electrons. The molecule has 1 heterocycles. The number of carbonyl (C=O) groups is 5. The average molecular weight is 514 g/mol. The van der Waals surface area contributed by atoms with Crippen LogP contribution in [-0.2, 0) is 38.1 Å². The maximum atomic E-state index is 12.1. The fourth-order valence-corrected chi connectivity index (χ4v) is 3.44. The maximum Gasteiger partial charge on any atom is 0.435 e. The monoisotopic (exact) mass is 513 g/mol. The molecule has 0 aromatic rings. The van der Waals surface area contributed by atoms with Crippen molar-refractivity contribution < 1.29 is 48.0 Å². The number of nitrogens with zero attached hydrogens (tertiary/aromatic N) is 1. The molecule has 0 saturated heterocycles. The lowest BCUT2D eigenvalue weighted by atomic mass is 9.86. The average Bonchev–Trinajstić information content (AvgIpc) is 2.69. The van der Waals surface area contributed by atoms with Crippen molar-refractivity contribution in [1.82, 2.24) is 10.6 Å². The van der Waals surface area contributed by atoms with Crippen molar-refractivity contribution in [2.75, 3.05) is 6.61 Å². The van der Waals surface area contributed by atoms with Gasteiger partial charge >= 0.3 is 24.0 Å². The van der Waals surface area contributed by atoms with Crippen molar-refractivity contribution in [3.63, 3.8) is 0 Å². The van der Waals surface area contributed by atoms with E-state index in [1.165, 1.54) is 33.8 Å². The number of nitrogens with one attached hydrogen (secondary N) is 2. The van der Waals surface area contributed by atoms with Crippen LogP contribution in [0.1, 0.15) is 55.4 Å². The number of rotatable bonds is 8. The van der Waals surface area contributed by atoms with Crippen LogP contribution in [0.25, 0.3) is 0 Å². The standard InChI is InChI=1S/C23H35N3O10/c1-11(18(34-15(5)29)10-33-14(4)28)20-19(26-13(3)27)16(9-17(35-20)21(30)31)24-12(2)25-22(32)36-23(6,7)8/h9,11,16,18-20H,10H2,1-8H3,(H,26,27)(H,30,31)(H,24,25,32)/t11-,16+,18-,19-,20+/m1/s1. The molecule has 0 aromatic heterocycles. The number of amides is 2. The SMILES string of the molecule is CC(=O)N[C@H]1[C@H]([C@H](C)[C@@H](COC(C)=O)OC(C)=O)OC(C(=O)O)=C[C@@H]1N/C(C)=N/C(=O)OC(C)(C)C. The normalized spacial score (nSPS) is 21.6. The number of aliphatic carboxylic acids is 1. The number of hydrogen-bond donors (Lipinski definition) is 3. The van der Waals surface area contributed by atoms with Crippen molar-refractivity contribution in [2.45, 2.75) is 85.3 Å². The molecular formula is C23H35N3O10. The first kappa shape index (κ1) is 30.4. The molecule has 5 atom stereocenters. The Morgan fingerprint density at radius 2 is 1.69 bits per heavy atom. The van der Waals surface area contributed by atoms with Gasteiger partial charge in [0.1, 0.15) is 30.3 Å². The molecule has 0 spiro atoms. The molecule has 13 heteroatoms. The number of hydrogen-bond acceptors (Lipinski definition) is 9. The third-order valence-corrected chi connectivity index (χ3v) is 4.82. The molecule has 1 aliphatic rings. The van der Waals surface area contributed by atoms with Gasteiger partial charge in [-0.1, -0.05) is 6.92 Å². The van der Waals surface area contributed by atoms with Gasteiger partial charge in [0.2, 0.25) is 11.7 Å². The molecule has 202 valence electrons. The predicted molar refractivity (Wildman–Crippen MR) is 126 cm³/mol. The van der Waals surface area contributed by atoms with Gasteiger partial charge in [-0.3, -0.25) is 14.4 Å². The zero-order chi connectivity index (χ0) is 27.8. The second-order valence-electron chi connectivity index (χ2n) is 9.30. The molecule has 0 unspecified atom stereocenters. The summed E-state index contributed by atoms with van der Waals surface area (Å²) in [6, 6.07) is -1.81. The van der Waals surface area contributed by atoms with Crippen LogP contribution in [0.3, 0.4) is 0 Å². The van der Waals surface area contributed by atoms with Crippen molar-refractivity contribution in [2.24, 2.45) is 10.9 Å². The summed E-state index contributed by atoms with van der Waals surface area (Å²) in [7, 11) is 0. The molecule has 0 fully saturated rings. The van der Waals surface area contributed by atoms with Crippen LogP contribution >= 0.6 is 0 Å². The molecule has 1 rings (SSSR count). The largest absolute Gasteiger partial charge is 0.481 e. The van der Waals surface area contributed by atoms with Crippen LogP contribution in [0.5, 0.6) is 0 Å². The second kappa shape index (κ2) is 12.9. The van der Waals surface area contributed by atoms with Crippen LogP contribution in [0.4, 0.5) is 4.79 Å². The molecule has 1 aliphatic heterocycles. The van der Waals surface area contributed by atoms with Gasteiger partial charge in [-0.05, 0) is 33.8 Å². The lowest BCUT2D eigenvalue weighted by Gasteiger charge is -2.41. The van der Waals surface area contributed by atoms with E-state index in [1.54, 1.807) is 27.7 Å². The Labute approximate surface area is 209 Å². The third-order valence-electron chi connectivity index (χ3n) is 4.82. The first-order valence-corrected chi connectivity index (χ1v) is 11.2. The minimum absolute atomic E-state index is 0.0929. The van der Waals surface area contributed by atoms with Crippen LogP contribution in [0.2, 0.25) is 0 Å². The molecule has 0 saturated carbocycles. The third kappa shape index (κ3) is 10.3. The Balaban J connectivity index is 3.38. The highest BCUT2D eigenvalue weighted by Gasteiger charge is 2.44. The maximum absolute atomic E-state index is 12.1. The second-order valence-corrected chi connectivity index (χ2v) is 9.30. The Morgan fingerprint density at radius 3 is 2.17 bits per heavy atom. The predicted octanol–water partition coefficient (Wildman–Crippen LogP) is 1.30. The highest BCUT2D eigenvalue weighted by molar-refractivity contribution is 5.91. The van der Waals surface area contributed by atoms with Gasteiger partial charge in [0.15, 0.2) is 0 Å². The number of carboxylic acids is 1. The van der Waals surface area contributed by atoms with Crippen LogP contribution in [0.15, 0.2) is 16.8 Å². The summed E-state index contributed by atoms with van der Waals surface area (Å²) in [4.78, 5) is 62.8. The zero-order valence-electron chi connectivity index (χ0n) is 21.7. The topological polar surface area (TPSA) is 179 Å². The van der Waals surface area contributed by atoms with Gasteiger partial charge in [0.25, 0.3) is 0 Å². The van der Waals surface area contributed by atoms with Gasteiger partial charge < -0.3 is 34.7 Å². The lowest BCUT2D eigenvalue weighted by Crippen LogP contribution is -2.61. The van der Waals surface area contributed by atoms with E-state index in [0.29, 0.717) is 0 Å². The van der Waals surface area contributed by atoms with Gasteiger partial charge in [-0.15, -0.1) is 0 Å². The summed E-state index contributed by atoms with van der Waals surface area (Å²) >= 11 is 0. The van der Waals surface area contributed by atoms with Crippen LogP contribution in [-0.4, -0.2) is 77.4 Å². The van der Waals surface area contributed by atoms with Crippen molar-refractivity contribution >= 4 is 35.7 Å². The summed E-state index contributed by atoms with van der Waals surface area (Å²) in [5.74, 6) is -4.21. The summed E-state index contributed by atoms with van der Waals surface area (Å²) in [5, 5.41) is 15.2. The quantitative estimate of drug-likeness (QED) is 0.184. The Hall–Kier alpha value is -3.64. The highest BCUT2D eigenvalue weighted by Crippen LogP contribution is 2.28. The van der Waals surface area contributed by atoms with Crippen molar-refractivity contribution in [3.05, 3.63) is 11.8 Å². The fraction of sp³-hybridized carbons (Fsp3) is 0.652. The van der Waals surface area contributed by atoms with E-state index in [0.717, 1.165) is 0 Å². The van der Waals surface area contributed by atoms with E-state index in [2.05, 4.69) is 15.6 Å². The van der Waals surface area contributed by atoms with Gasteiger partial charge in [0.05, 0.1) is 12.1 Å².